The molecule has 6 heteroatoms. The van der Waals surface area contributed by atoms with Crippen molar-refractivity contribution in [2.24, 2.45) is 5.92 Å². The lowest BCUT2D eigenvalue weighted by Crippen LogP contribution is -2.30. The molecule has 0 bridgehead atoms. The Balaban J connectivity index is 2.36. The van der Waals surface area contributed by atoms with Crippen LogP contribution >= 0.6 is 11.3 Å². The molecule has 1 atom stereocenters. The van der Waals surface area contributed by atoms with E-state index in [0.29, 0.717) is 24.0 Å². The predicted molar refractivity (Wildman–Crippen MR) is 59.9 cm³/mol. The maximum atomic E-state index is 11.5. The van der Waals surface area contributed by atoms with E-state index in [-0.39, 0.29) is 11.8 Å². The maximum Gasteiger partial charge on any atom is 0.270 e. The van der Waals surface area contributed by atoms with Crippen LogP contribution in [0, 0.1) is 5.92 Å². The molecule has 84 valence electrons. The molecular weight excluding hydrogens is 214 g/mol. The first-order valence-electron chi connectivity index (χ1n) is 4.61. The molecule has 1 aromatic rings. The largest absolute Gasteiger partial charge is 0.384 e. The van der Waals surface area contributed by atoms with Crippen molar-refractivity contribution in [2.45, 2.75) is 6.92 Å². The Kier molecular flexibility index (Phi) is 4.51. The average molecular weight is 229 g/mol. The predicted octanol–water partition coefficient (Wildman–Crippen LogP) is 0.738. The van der Waals surface area contributed by atoms with Crippen molar-refractivity contribution in [3.63, 3.8) is 0 Å². The van der Waals surface area contributed by atoms with E-state index < -0.39 is 0 Å². The number of thiazole rings is 1. The van der Waals surface area contributed by atoms with E-state index in [1.807, 2.05) is 6.92 Å². The molecule has 0 saturated heterocycles. The monoisotopic (exact) mass is 229 g/mol. The number of nitrogens with zero attached hydrogens (tertiary/aromatic N) is 1. The lowest BCUT2D eigenvalue weighted by molar-refractivity contribution is 0.0930. The molecule has 1 aromatic heterocycles. The summed E-state index contributed by atoms with van der Waals surface area (Å²) < 4.78 is 4.96. The van der Waals surface area contributed by atoms with Crippen molar-refractivity contribution in [1.29, 1.82) is 0 Å². The number of hydrogen-bond acceptors (Lipinski definition) is 5. The van der Waals surface area contributed by atoms with Crippen LogP contribution in [-0.4, -0.2) is 31.2 Å². The molecule has 0 aliphatic carbocycles. The van der Waals surface area contributed by atoms with Crippen molar-refractivity contribution < 1.29 is 9.53 Å². The summed E-state index contributed by atoms with van der Waals surface area (Å²) in [5.74, 6) is 0.0980. The van der Waals surface area contributed by atoms with Gasteiger partial charge in [0.15, 0.2) is 5.13 Å². The summed E-state index contributed by atoms with van der Waals surface area (Å²) in [7, 11) is 1.64. The number of hydrogen-bond donors (Lipinski definition) is 2. The van der Waals surface area contributed by atoms with Gasteiger partial charge in [-0.15, -0.1) is 11.3 Å². The highest BCUT2D eigenvalue weighted by Gasteiger charge is 2.10. The summed E-state index contributed by atoms with van der Waals surface area (Å²) in [6.45, 7) is 3.20. The number of aromatic nitrogens is 1. The smallest absolute Gasteiger partial charge is 0.270 e. The fourth-order valence-electron chi connectivity index (χ4n) is 1.09. The first-order valence-corrected chi connectivity index (χ1v) is 5.49. The molecule has 0 aromatic carbocycles. The van der Waals surface area contributed by atoms with Crippen molar-refractivity contribution in [1.82, 2.24) is 10.3 Å². The number of nitrogens with one attached hydrogen (secondary N) is 1. The van der Waals surface area contributed by atoms with Crippen LogP contribution in [-0.2, 0) is 4.74 Å². The Morgan fingerprint density at radius 3 is 3.07 bits per heavy atom. The van der Waals surface area contributed by atoms with Crippen LogP contribution in [0.25, 0.3) is 0 Å². The Morgan fingerprint density at radius 2 is 2.53 bits per heavy atom. The molecule has 0 radical (unpaired) electrons. The number of amides is 1. The first-order chi connectivity index (χ1) is 7.13. The van der Waals surface area contributed by atoms with Crippen molar-refractivity contribution >= 4 is 22.4 Å². The van der Waals surface area contributed by atoms with E-state index in [4.69, 9.17) is 10.5 Å². The third-order valence-electron chi connectivity index (χ3n) is 1.82. The minimum atomic E-state index is -0.189. The maximum absolute atomic E-state index is 11.5. The zero-order chi connectivity index (χ0) is 11.3. The highest BCUT2D eigenvalue weighted by Crippen LogP contribution is 2.10. The fraction of sp³-hybridized carbons (Fsp3) is 0.556. The van der Waals surface area contributed by atoms with Crippen molar-refractivity contribution in [2.75, 3.05) is 26.0 Å². The molecule has 1 amide bonds. The molecule has 0 spiro atoms. The number of nitrogen functional groups attached to an aromatic ring is 1. The Labute approximate surface area is 92.6 Å². The number of rotatable bonds is 5. The van der Waals surface area contributed by atoms with Crippen LogP contribution < -0.4 is 11.1 Å². The topological polar surface area (TPSA) is 77.2 Å². The number of anilines is 1. The van der Waals surface area contributed by atoms with Gasteiger partial charge in [0.1, 0.15) is 5.69 Å². The van der Waals surface area contributed by atoms with Gasteiger partial charge in [-0.05, 0) is 5.92 Å². The standard InChI is InChI=1S/C9H15N3O2S/c1-6(4-14-2)3-11-8(13)7-5-15-9(10)12-7/h5-6H,3-4H2,1-2H3,(H2,10,12)(H,11,13). The van der Waals surface area contributed by atoms with Gasteiger partial charge >= 0.3 is 0 Å². The van der Waals surface area contributed by atoms with Gasteiger partial charge in [0.25, 0.3) is 5.91 Å². The lowest BCUT2D eigenvalue weighted by atomic mass is 10.2. The molecule has 1 unspecified atom stereocenters. The van der Waals surface area contributed by atoms with E-state index in [0.717, 1.165) is 0 Å². The first kappa shape index (κ1) is 11.9. The highest BCUT2D eigenvalue weighted by atomic mass is 32.1. The quantitative estimate of drug-likeness (QED) is 0.780. The van der Waals surface area contributed by atoms with Gasteiger partial charge in [-0.3, -0.25) is 4.79 Å². The van der Waals surface area contributed by atoms with Crippen LogP contribution in [0.5, 0.6) is 0 Å². The van der Waals surface area contributed by atoms with Gasteiger partial charge in [0.05, 0.1) is 6.61 Å². The highest BCUT2D eigenvalue weighted by molar-refractivity contribution is 7.13. The second-order valence-electron chi connectivity index (χ2n) is 3.34. The molecule has 1 rings (SSSR count). The Bertz CT molecular complexity index is 327. The zero-order valence-electron chi connectivity index (χ0n) is 8.82. The molecule has 0 aliphatic rings. The van der Waals surface area contributed by atoms with Crippen LogP contribution in [0.4, 0.5) is 5.13 Å². The molecule has 3 N–H and O–H groups in total. The summed E-state index contributed by atoms with van der Waals surface area (Å²) in [6, 6.07) is 0. The molecule has 1 heterocycles. The van der Waals surface area contributed by atoms with Gasteiger partial charge in [-0.2, -0.15) is 0 Å². The number of carbonyl (C=O) groups excluding carboxylic acids is 1. The molecule has 0 fully saturated rings. The van der Waals surface area contributed by atoms with E-state index >= 15 is 0 Å². The molecule has 0 saturated carbocycles. The summed E-state index contributed by atoms with van der Waals surface area (Å²) in [6.07, 6.45) is 0. The van der Waals surface area contributed by atoms with Gasteiger partial charge in [0.2, 0.25) is 0 Å². The van der Waals surface area contributed by atoms with Gasteiger partial charge < -0.3 is 15.8 Å². The minimum Gasteiger partial charge on any atom is -0.384 e. The Hall–Kier alpha value is -1.14. The van der Waals surface area contributed by atoms with E-state index in [9.17, 15) is 4.79 Å². The second kappa shape index (κ2) is 5.67. The van der Waals surface area contributed by atoms with Crippen LogP contribution in [0.15, 0.2) is 5.38 Å². The summed E-state index contributed by atoms with van der Waals surface area (Å²) in [5.41, 5.74) is 5.80. The zero-order valence-corrected chi connectivity index (χ0v) is 9.63. The summed E-state index contributed by atoms with van der Waals surface area (Å²) in [5, 5.41) is 4.82. The Morgan fingerprint density at radius 1 is 1.80 bits per heavy atom. The van der Waals surface area contributed by atoms with Gasteiger partial charge in [-0.25, -0.2) is 4.98 Å². The number of nitrogens with two attached hydrogens (primary N) is 1. The summed E-state index contributed by atoms with van der Waals surface area (Å²) in [4.78, 5) is 15.4. The lowest BCUT2D eigenvalue weighted by Gasteiger charge is -2.10. The van der Waals surface area contributed by atoms with Crippen molar-refractivity contribution in [3.05, 3.63) is 11.1 Å². The second-order valence-corrected chi connectivity index (χ2v) is 4.23. The van der Waals surface area contributed by atoms with E-state index in [2.05, 4.69) is 10.3 Å². The third-order valence-corrected chi connectivity index (χ3v) is 2.49. The van der Waals surface area contributed by atoms with Crippen LogP contribution in [0.1, 0.15) is 17.4 Å². The number of ether oxygens (including phenoxy) is 1. The van der Waals surface area contributed by atoms with Gasteiger partial charge in [-0.1, -0.05) is 6.92 Å². The number of carbonyl (C=O) groups is 1. The van der Waals surface area contributed by atoms with E-state index in [1.54, 1.807) is 12.5 Å². The molecule has 15 heavy (non-hydrogen) atoms. The molecule has 5 nitrogen and oxygen atoms in total. The fourth-order valence-corrected chi connectivity index (χ4v) is 1.64. The third kappa shape index (κ3) is 3.85. The summed E-state index contributed by atoms with van der Waals surface area (Å²) >= 11 is 1.26. The molecule has 0 aliphatic heterocycles. The van der Waals surface area contributed by atoms with Crippen molar-refractivity contribution in [3.8, 4) is 0 Å². The average Bonchev–Trinajstić information content (AvgIpc) is 2.62. The van der Waals surface area contributed by atoms with Crippen LogP contribution in [0.3, 0.4) is 0 Å². The van der Waals surface area contributed by atoms with E-state index in [1.165, 1.54) is 11.3 Å². The van der Waals surface area contributed by atoms with Crippen LogP contribution in [0.2, 0.25) is 0 Å². The SMILES string of the molecule is COCC(C)CNC(=O)c1csc(N)n1. The molecular formula is C9H15N3O2S. The minimum absolute atomic E-state index is 0.189. The normalized spacial score (nSPS) is 12.4. The van der Waals surface area contributed by atoms with Gasteiger partial charge in [0, 0.05) is 19.0 Å². The number of methoxy groups -OCH3 is 1.